The van der Waals surface area contributed by atoms with Crippen LogP contribution in [0.3, 0.4) is 0 Å². The van der Waals surface area contributed by atoms with Crippen molar-refractivity contribution in [2.24, 2.45) is 0 Å². The Morgan fingerprint density at radius 2 is 1.43 bits per heavy atom. The highest BCUT2D eigenvalue weighted by molar-refractivity contribution is 6.10. The van der Waals surface area contributed by atoms with Gasteiger partial charge in [-0.15, -0.1) is 0 Å². The molecule has 2 N–H and O–H groups in total. The van der Waals surface area contributed by atoms with Gasteiger partial charge < -0.3 is 10.1 Å². The zero-order valence-electron chi connectivity index (χ0n) is 15.8. The zero-order valence-corrected chi connectivity index (χ0v) is 15.8. The molecule has 144 valence electrons. The van der Waals surface area contributed by atoms with Gasteiger partial charge in [0.1, 0.15) is 5.82 Å². The molecule has 0 bridgehead atoms. The number of imidazole rings is 1. The molecule has 0 unspecified atom stereocenters. The van der Waals surface area contributed by atoms with Crippen molar-refractivity contribution < 1.29 is 14.7 Å². The lowest BCUT2D eigenvalue weighted by Crippen LogP contribution is -2.01. The monoisotopic (exact) mass is 392 g/mol. The molecule has 30 heavy (non-hydrogen) atoms. The summed E-state index contributed by atoms with van der Waals surface area (Å²) in [5.41, 5.74) is 3.59. The molecular weight excluding hydrogens is 376 g/mol. The van der Waals surface area contributed by atoms with Crippen LogP contribution in [-0.4, -0.2) is 26.8 Å². The Kier molecular flexibility index (Phi) is 4.14. The predicted molar refractivity (Wildman–Crippen MR) is 116 cm³/mol. The highest BCUT2D eigenvalue weighted by Gasteiger charge is 2.12. The Labute approximate surface area is 171 Å². The van der Waals surface area contributed by atoms with Crippen molar-refractivity contribution in [3.63, 3.8) is 0 Å². The molecule has 0 amide bonds. The third kappa shape index (κ3) is 3.12. The number of aromatic carboxylic acids is 1. The van der Waals surface area contributed by atoms with Crippen LogP contribution < -0.4 is 0 Å². The molecule has 5 aromatic rings. The van der Waals surface area contributed by atoms with Crippen molar-refractivity contribution in [3.05, 3.63) is 102 Å². The molecule has 0 aliphatic rings. The van der Waals surface area contributed by atoms with E-state index in [0.29, 0.717) is 22.5 Å². The first-order valence-electron chi connectivity index (χ1n) is 9.45. The van der Waals surface area contributed by atoms with Crippen LogP contribution in [0, 0.1) is 0 Å². The largest absolute Gasteiger partial charge is 0.478 e. The van der Waals surface area contributed by atoms with Gasteiger partial charge in [-0.3, -0.25) is 4.79 Å². The number of nitrogens with zero attached hydrogens (tertiary/aromatic N) is 1. The van der Waals surface area contributed by atoms with Crippen LogP contribution in [0.25, 0.3) is 33.2 Å². The first-order valence-corrected chi connectivity index (χ1v) is 9.45. The number of H-pyrrole nitrogens is 1. The second-order valence-electron chi connectivity index (χ2n) is 7.09. The van der Waals surface area contributed by atoms with E-state index >= 15 is 0 Å². The lowest BCUT2D eigenvalue weighted by molar-refractivity contribution is 0.0697. The van der Waals surface area contributed by atoms with Gasteiger partial charge in [0, 0.05) is 16.7 Å². The third-order valence-electron chi connectivity index (χ3n) is 5.16. The van der Waals surface area contributed by atoms with Gasteiger partial charge in [-0.1, -0.05) is 60.7 Å². The average Bonchev–Trinajstić information content (AvgIpc) is 3.22. The van der Waals surface area contributed by atoms with Crippen molar-refractivity contribution in [2.45, 2.75) is 0 Å². The molecular formula is C25H16N2O3. The number of carboxylic acids is 1. The van der Waals surface area contributed by atoms with E-state index in [4.69, 9.17) is 5.11 Å². The molecule has 4 aromatic carbocycles. The van der Waals surface area contributed by atoms with E-state index in [1.807, 2.05) is 54.6 Å². The third-order valence-corrected chi connectivity index (χ3v) is 5.16. The second kappa shape index (κ2) is 6.97. The fraction of sp³-hybridized carbons (Fsp3) is 0. The van der Waals surface area contributed by atoms with Gasteiger partial charge in [0.2, 0.25) is 0 Å². The van der Waals surface area contributed by atoms with Gasteiger partial charge in [0.25, 0.3) is 0 Å². The van der Waals surface area contributed by atoms with E-state index in [2.05, 4.69) is 9.97 Å². The summed E-state index contributed by atoms with van der Waals surface area (Å²) >= 11 is 0. The van der Waals surface area contributed by atoms with E-state index < -0.39 is 5.97 Å². The maximum atomic E-state index is 12.9. The Morgan fingerprint density at radius 3 is 2.20 bits per heavy atom. The average molecular weight is 392 g/mol. The molecule has 0 aliphatic heterocycles. The van der Waals surface area contributed by atoms with Crippen molar-refractivity contribution in [3.8, 4) is 11.4 Å². The number of carboxylic acid groups (broad SMARTS) is 1. The molecule has 0 aliphatic carbocycles. The number of aromatic nitrogens is 2. The second-order valence-corrected chi connectivity index (χ2v) is 7.09. The normalized spacial score (nSPS) is 11.1. The van der Waals surface area contributed by atoms with Crippen LogP contribution >= 0.6 is 0 Å². The molecule has 1 aromatic heterocycles. The number of carbonyl (C=O) groups is 2. The van der Waals surface area contributed by atoms with E-state index in [1.54, 1.807) is 18.2 Å². The molecule has 5 heteroatoms. The summed E-state index contributed by atoms with van der Waals surface area (Å²) in [5.74, 6) is -0.404. The number of fused-ring (bicyclic) bond motifs is 2. The maximum Gasteiger partial charge on any atom is 0.335 e. The van der Waals surface area contributed by atoms with Crippen LogP contribution in [0.2, 0.25) is 0 Å². The minimum absolute atomic E-state index is 0.0389. The molecule has 5 nitrogen and oxygen atoms in total. The maximum absolute atomic E-state index is 12.9. The molecule has 1 heterocycles. The molecule has 0 radical (unpaired) electrons. The minimum Gasteiger partial charge on any atom is -0.478 e. The fourth-order valence-corrected chi connectivity index (χ4v) is 3.55. The van der Waals surface area contributed by atoms with Crippen LogP contribution in [0.4, 0.5) is 0 Å². The minimum atomic E-state index is -0.988. The van der Waals surface area contributed by atoms with Crippen molar-refractivity contribution in [1.29, 1.82) is 0 Å². The van der Waals surface area contributed by atoms with Crippen LogP contribution in [0.15, 0.2) is 84.9 Å². The molecule has 0 fully saturated rings. The lowest BCUT2D eigenvalue weighted by Gasteiger charge is -2.04. The van der Waals surface area contributed by atoms with Gasteiger partial charge in [-0.05, 0) is 35.0 Å². The molecule has 0 atom stereocenters. The topological polar surface area (TPSA) is 83.0 Å². The van der Waals surface area contributed by atoms with E-state index in [0.717, 1.165) is 21.9 Å². The number of hydrogen-bond donors (Lipinski definition) is 2. The van der Waals surface area contributed by atoms with Crippen molar-refractivity contribution in [1.82, 2.24) is 9.97 Å². The van der Waals surface area contributed by atoms with Crippen molar-refractivity contribution >= 4 is 33.6 Å². The summed E-state index contributed by atoms with van der Waals surface area (Å²) in [6.07, 6.45) is 0. The Hall–Kier alpha value is -4.25. The van der Waals surface area contributed by atoms with Crippen LogP contribution in [0.1, 0.15) is 26.3 Å². The van der Waals surface area contributed by atoms with E-state index in [9.17, 15) is 9.59 Å². The quantitative estimate of drug-likeness (QED) is 0.406. The number of rotatable bonds is 4. The van der Waals surface area contributed by atoms with Crippen LogP contribution in [-0.2, 0) is 0 Å². The molecule has 5 rings (SSSR count). The predicted octanol–water partition coefficient (Wildman–Crippen LogP) is 5.31. The smallest absolute Gasteiger partial charge is 0.335 e. The van der Waals surface area contributed by atoms with Gasteiger partial charge >= 0.3 is 5.97 Å². The summed E-state index contributed by atoms with van der Waals surface area (Å²) in [7, 11) is 0. The first-order chi connectivity index (χ1) is 14.6. The number of nitrogens with one attached hydrogen (secondary N) is 1. The summed E-state index contributed by atoms with van der Waals surface area (Å²) in [6.45, 7) is 0. The summed E-state index contributed by atoms with van der Waals surface area (Å²) < 4.78 is 0. The SMILES string of the molecule is O=C(O)c1ccc2[nH]c(-c3ccc(C(=O)c4ccc5ccccc5c4)cc3)nc2c1. The zero-order chi connectivity index (χ0) is 20.7. The van der Waals surface area contributed by atoms with Gasteiger partial charge in [-0.25, -0.2) is 9.78 Å². The Morgan fingerprint density at radius 1 is 0.733 bits per heavy atom. The Bertz CT molecular complexity index is 1430. The number of carbonyl (C=O) groups excluding carboxylic acids is 1. The van der Waals surface area contributed by atoms with E-state index in [1.165, 1.54) is 12.1 Å². The highest BCUT2D eigenvalue weighted by atomic mass is 16.4. The van der Waals surface area contributed by atoms with Gasteiger partial charge in [0.15, 0.2) is 5.78 Å². The number of hydrogen-bond acceptors (Lipinski definition) is 3. The lowest BCUT2D eigenvalue weighted by atomic mass is 9.99. The molecule has 0 saturated carbocycles. The standard InChI is InChI=1S/C25H16N2O3/c28-23(19-10-5-15-3-1-2-4-18(15)13-19)16-6-8-17(9-7-16)24-26-21-12-11-20(25(29)30)14-22(21)27-24/h1-14H,(H,26,27)(H,29,30). The summed E-state index contributed by atoms with van der Waals surface area (Å²) in [4.78, 5) is 31.7. The summed E-state index contributed by atoms with van der Waals surface area (Å²) in [5, 5.41) is 11.3. The number of benzene rings is 4. The van der Waals surface area contributed by atoms with Gasteiger partial charge in [0.05, 0.1) is 16.6 Å². The highest BCUT2D eigenvalue weighted by Crippen LogP contribution is 2.23. The van der Waals surface area contributed by atoms with E-state index in [-0.39, 0.29) is 11.3 Å². The van der Waals surface area contributed by atoms with Crippen molar-refractivity contribution in [2.75, 3.05) is 0 Å². The summed E-state index contributed by atoms with van der Waals surface area (Å²) in [6, 6.07) is 25.7. The molecule has 0 spiro atoms. The Balaban J connectivity index is 1.45. The number of ketones is 1. The van der Waals surface area contributed by atoms with Gasteiger partial charge in [-0.2, -0.15) is 0 Å². The van der Waals surface area contributed by atoms with Crippen LogP contribution in [0.5, 0.6) is 0 Å². The first kappa shape index (κ1) is 17.8. The number of aromatic amines is 1. The fourth-order valence-electron chi connectivity index (χ4n) is 3.55. The molecule has 0 saturated heterocycles.